The second-order valence-electron chi connectivity index (χ2n) is 8.20. The van der Waals surface area contributed by atoms with Crippen LogP contribution in [0.2, 0.25) is 5.02 Å². The van der Waals surface area contributed by atoms with Gasteiger partial charge in [0, 0.05) is 39.5 Å². The molecule has 0 aliphatic carbocycles. The Morgan fingerprint density at radius 3 is 2.43 bits per heavy atom. The number of hydrogen-bond acceptors (Lipinski definition) is 6. The number of hydrogen-bond donors (Lipinski definition) is 1. The Morgan fingerprint density at radius 2 is 1.78 bits per heavy atom. The molecule has 0 fully saturated rings. The van der Waals surface area contributed by atoms with E-state index in [4.69, 9.17) is 16.6 Å². The van der Waals surface area contributed by atoms with Crippen molar-refractivity contribution in [3.8, 4) is 28.5 Å². The molecule has 1 aromatic heterocycles. The number of carbonyl (C=O) groups is 1. The Bertz CT molecular complexity index is 1540. The fraction of sp³-hybridized carbons (Fsp3) is 0.107. The van der Waals surface area contributed by atoms with Crippen molar-refractivity contribution in [3.63, 3.8) is 0 Å². The van der Waals surface area contributed by atoms with E-state index in [2.05, 4.69) is 11.4 Å². The Morgan fingerprint density at radius 1 is 1.08 bits per heavy atom. The van der Waals surface area contributed by atoms with Gasteiger partial charge >= 0.3 is 0 Å². The Kier molecular flexibility index (Phi) is 7.87. The predicted molar refractivity (Wildman–Crippen MR) is 147 cm³/mol. The van der Waals surface area contributed by atoms with Crippen molar-refractivity contribution in [3.05, 3.63) is 105 Å². The van der Waals surface area contributed by atoms with Crippen LogP contribution in [0.5, 0.6) is 0 Å². The number of aromatic nitrogens is 1. The number of nitro benzene ring substituents is 1. The number of nitrogens with one attached hydrogen (secondary N) is 1. The number of carbonyl (C=O) groups excluding carboxylic acids is 1. The van der Waals surface area contributed by atoms with Crippen LogP contribution < -0.4 is 5.32 Å². The van der Waals surface area contributed by atoms with E-state index < -0.39 is 10.2 Å². The lowest BCUT2D eigenvalue weighted by molar-refractivity contribution is -0.384. The number of benzene rings is 3. The third-order valence-electron chi connectivity index (χ3n) is 5.67. The summed E-state index contributed by atoms with van der Waals surface area (Å²) in [7, 11) is 0. The fourth-order valence-corrected chi connectivity index (χ4v) is 4.88. The molecule has 184 valence electrons. The van der Waals surface area contributed by atoms with Crippen LogP contribution in [0, 0.1) is 28.4 Å². The number of thioether (sulfide) groups is 1. The van der Waals surface area contributed by atoms with Crippen molar-refractivity contribution >= 4 is 40.6 Å². The lowest BCUT2D eigenvalue weighted by Crippen LogP contribution is -2.23. The topological polar surface area (TPSA) is 109 Å². The second-order valence-corrected chi connectivity index (χ2v) is 9.94. The summed E-state index contributed by atoms with van der Waals surface area (Å²) in [6, 6.07) is 25.2. The van der Waals surface area contributed by atoms with E-state index in [1.54, 1.807) is 19.9 Å². The summed E-state index contributed by atoms with van der Waals surface area (Å²) in [4.78, 5) is 28.3. The zero-order valence-electron chi connectivity index (χ0n) is 19.9. The highest BCUT2D eigenvalue weighted by Crippen LogP contribution is 2.38. The van der Waals surface area contributed by atoms with Crippen LogP contribution in [0.4, 0.5) is 11.4 Å². The molecule has 7 nitrogen and oxygen atoms in total. The average Bonchev–Trinajstić information content (AvgIpc) is 2.90. The molecule has 0 radical (unpaired) electrons. The molecular formula is C28H21ClN4O3S. The Labute approximate surface area is 223 Å². The number of nitro groups is 1. The van der Waals surface area contributed by atoms with Gasteiger partial charge in [0.05, 0.1) is 21.4 Å². The maximum absolute atomic E-state index is 13.1. The highest BCUT2D eigenvalue weighted by atomic mass is 35.5. The van der Waals surface area contributed by atoms with Gasteiger partial charge in [0.15, 0.2) is 0 Å². The molecule has 0 saturated carbocycles. The lowest BCUT2D eigenvalue weighted by atomic mass is 9.99. The normalized spacial score (nSPS) is 11.4. The maximum atomic E-state index is 13.1. The lowest BCUT2D eigenvalue weighted by Gasteiger charge is -2.17. The van der Waals surface area contributed by atoms with Crippen molar-refractivity contribution in [2.75, 3.05) is 5.32 Å². The van der Waals surface area contributed by atoms with Gasteiger partial charge in [-0.1, -0.05) is 71.9 Å². The standard InChI is InChI=1S/C28H21ClN4O3S/c1-17-14-20(33(35)36)12-13-25(17)31-27(34)18(2)37-28-23(16-30)22(21-10-6-7-11-24(21)29)15-26(32-28)19-8-4-3-5-9-19/h3-15,18H,1-2H3,(H,31,34)/t18-/m0/s1. The highest BCUT2D eigenvalue weighted by Gasteiger charge is 2.23. The summed E-state index contributed by atoms with van der Waals surface area (Å²) in [5, 5.41) is 24.2. The molecule has 0 saturated heterocycles. The molecule has 0 unspecified atom stereocenters. The van der Waals surface area contributed by atoms with E-state index in [1.165, 1.54) is 18.2 Å². The number of rotatable bonds is 7. The first-order valence-corrected chi connectivity index (χ1v) is 12.5. The maximum Gasteiger partial charge on any atom is 0.269 e. The van der Waals surface area contributed by atoms with E-state index in [9.17, 15) is 20.2 Å². The predicted octanol–water partition coefficient (Wildman–Crippen LogP) is 7.28. The molecule has 4 rings (SSSR count). The molecule has 1 N–H and O–H groups in total. The first kappa shape index (κ1) is 25.9. The minimum absolute atomic E-state index is 0.0504. The second kappa shape index (κ2) is 11.2. The van der Waals surface area contributed by atoms with E-state index in [1.807, 2.05) is 54.6 Å². The number of anilines is 1. The molecule has 4 aromatic rings. The summed E-state index contributed by atoms with van der Waals surface area (Å²) in [6.45, 7) is 3.41. The van der Waals surface area contributed by atoms with Gasteiger partial charge in [-0.2, -0.15) is 5.26 Å². The van der Waals surface area contributed by atoms with E-state index in [0.29, 0.717) is 43.7 Å². The van der Waals surface area contributed by atoms with Crippen molar-refractivity contribution in [2.24, 2.45) is 0 Å². The molecule has 0 aliphatic heterocycles. The van der Waals surface area contributed by atoms with Gasteiger partial charge in [0.25, 0.3) is 5.69 Å². The van der Waals surface area contributed by atoms with Crippen molar-refractivity contribution in [1.82, 2.24) is 4.98 Å². The van der Waals surface area contributed by atoms with Crippen molar-refractivity contribution in [1.29, 1.82) is 5.26 Å². The third-order valence-corrected chi connectivity index (χ3v) is 7.08. The van der Waals surface area contributed by atoms with Gasteiger partial charge in [0.1, 0.15) is 11.1 Å². The molecule has 0 bridgehead atoms. The molecular weight excluding hydrogens is 508 g/mol. The number of halogens is 1. The van der Waals surface area contributed by atoms with Crippen LogP contribution in [-0.2, 0) is 4.79 Å². The van der Waals surface area contributed by atoms with Crippen molar-refractivity contribution < 1.29 is 9.72 Å². The largest absolute Gasteiger partial charge is 0.325 e. The number of aryl methyl sites for hydroxylation is 1. The summed E-state index contributed by atoms with van der Waals surface area (Å²) in [5.74, 6) is -0.322. The first-order chi connectivity index (χ1) is 17.8. The molecule has 1 atom stereocenters. The Hall–Kier alpha value is -4.19. The average molecular weight is 529 g/mol. The summed E-state index contributed by atoms with van der Waals surface area (Å²) in [6.07, 6.45) is 0. The fourth-order valence-electron chi connectivity index (χ4n) is 3.72. The quantitative estimate of drug-likeness (QED) is 0.153. The number of pyridine rings is 1. The number of non-ortho nitro benzene ring substituents is 1. The summed E-state index contributed by atoms with van der Waals surface area (Å²) in [5.41, 5.74) is 4.16. The van der Waals surface area contributed by atoms with E-state index >= 15 is 0 Å². The van der Waals surface area contributed by atoms with Gasteiger partial charge < -0.3 is 5.32 Å². The van der Waals surface area contributed by atoms with Gasteiger partial charge in [-0.3, -0.25) is 14.9 Å². The SMILES string of the molecule is Cc1cc([N+](=O)[O-])ccc1NC(=O)[C@H](C)Sc1nc(-c2ccccc2)cc(-c2ccccc2Cl)c1C#N. The van der Waals surface area contributed by atoms with Crippen molar-refractivity contribution in [2.45, 2.75) is 24.1 Å². The zero-order valence-corrected chi connectivity index (χ0v) is 21.5. The molecule has 0 aliphatic rings. The highest BCUT2D eigenvalue weighted by molar-refractivity contribution is 8.00. The molecule has 9 heteroatoms. The summed E-state index contributed by atoms with van der Waals surface area (Å²) < 4.78 is 0. The van der Waals surface area contributed by atoms with Gasteiger partial charge in [-0.25, -0.2) is 4.98 Å². The third kappa shape index (κ3) is 5.80. The molecule has 1 amide bonds. The number of nitrogens with zero attached hydrogens (tertiary/aromatic N) is 3. The number of amides is 1. The smallest absolute Gasteiger partial charge is 0.269 e. The minimum atomic E-state index is -0.626. The van der Waals surface area contributed by atoms with Crippen LogP contribution in [0.1, 0.15) is 18.1 Å². The van der Waals surface area contributed by atoms with Crippen LogP contribution in [0.3, 0.4) is 0 Å². The van der Waals surface area contributed by atoms with E-state index in [-0.39, 0.29) is 11.6 Å². The molecule has 37 heavy (non-hydrogen) atoms. The van der Waals surface area contributed by atoms with Gasteiger partial charge in [-0.15, -0.1) is 0 Å². The van der Waals surface area contributed by atoms with Gasteiger partial charge in [0.2, 0.25) is 5.91 Å². The zero-order chi connectivity index (χ0) is 26.5. The van der Waals surface area contributed by atoms with Crippen LogP contribution in [0.25, 0.3) is 22.4 Å². The first-order valence-electron chi connectivity index (χ1n) is 11.3. The monoisotopic (exact) mass is 528 g/mol. The molecule has 3 aromatic carbocycles. The number of nitriles is 1. The molecule has 0 spiro atoms. The minimum Gasteiger partial charge on any atom is -0.325 e. The van der Waals surface area contributed by atoms with Crippen LogP contribution in [-0.4, -0.2) is 21.1 Å². The summed E-state index contributed by atoms with van der Waals surface area (Å²) >= 11 is 7.65. The van der Waals surface area contributed by atoms with Crippen LogP contribution in [0.15, 0.2) is 83.9 Å². The Balaban J connectivity index is 1.71. The van der Waals surface area contributed by atoms with E-state index in [0.717, 1.165) is 17.3 Å². The molecule has 1 heterocycles. The van der Waals surface area contributed by atoms with Gasteiger partial charge in [-0.05, 0) is 37.6 Å². The van der Waals surface area contributed by atoms with Crippen LogP contribution >= 0.6 is 23.4 Å².